The quantitative estimate of drug-likeness (QED) is 0.379. The van der Waals surface area contributed by atoms with Crippen LogP contribution in [0.3, 0.4) is 0 Å². The van der Waals surface area contributed by atoms with Gasteiger partial charge in [0.1, 0.15) is 11.5 Å². The average Bonchev–Trinajstić information content (AvgIpc) is 2.74. The van der Waals surface area contributed by atoms with Gasteiger partial charge in [-0.3, -0.25) is 9.59 Å². The highest BCUT2D eigenvalue weighted by atomic mass is 19.4. The molecule has 2 rings (SSSR count). The maximum Gasteiger partial charge on any atom is 0.573 e. The van der Waals surface area contributed by atoms with Gasteiger partial charge >= 0.3 is 6.36 Å². The van der Waals surface area contributed by atoms with E-state index in [2.05, 4.69) is 10.1 Å². The molecule has 0 fully saturated rings. The molecule has 2 amide bonds. The van der Waals surface area contributed by atoms with E-state index in [9.17, 15) is 22.8 Å². The van der Waals surface area contributed by atoms with Crippen molar-refractivity contribution in [3.8, 4) is 11.5 Å². The standard InChI is InChI=1S/C22H23F3N2O5/c1-2-11-31-16-7-8-17(20(26)29)18(13-16)19(21(30)27-9-10-28)12-14-3-5-15(6-4-14)32-22(23,24)25/h3-8,12-13,28H,2,9-11H2,1H3,(H2,26,29)(H,27,30)/b19-12-. The van der Waals surface area contributed by atoms with Crippen LogP contribution in [0, 0.1) is 0 Å². The fraction of sp³-hybridized carbons (Fsp3) is 0.273. The third-order valence-corrected chi connectivity index (χ3v) is 4.09. The molecule has 0 atom stereocenters. The fourth-order valence-electron chi connectivity index (χ4n) is 2.73. The van der Waals surface area contributed by atoms with Gasteiger partial charge in [-0.15, -0.1) is 13.2 Å². The molecule has 2 aromatic rings. The molecule has 0 aromatic heterocycles. The maximum atomic E-state index is 12.8. The number of nitrogens with one attached hydrogen (secondary N) is 1. The number of rotatable bonds is 10. The lowest BCUT2D eigenvalue weighted by atomic mass is 9.96. The Balaban J connectivity index is 2.53. The number of hydrogen-bond acceptors (Lipinski definition) is 5. The van der Waals surface area contributed by atoms with Gasteiger partial charge in [0.2, 0.25) is 5.91 Å². The second-order valence-corrected chi connectivity index (χ2v) is 6.57. The van der Waals surface area contributed by atoms with Gasteiger partial charge in [-0.1, -0.05) is 19.1 Å². The van der Waals surface area contributed by atoms with Crippen molar-refractivity contribution in [2.45, 2.75) is 19.7 Å². The van der Waals surface area contributed by atoms with Crippen molar-refractivity contribution in [3.63, 3.8) is 0 Å². The molecule has 0 heterocycles. The van der Waals surface area contributed by atoms with E-state index in [1.807, 2.05) is 6.92 Å². The van der Waals surface area contributed by atoms with Crippen molar-refractivity contribution in [3.05, 3.63) is 59.2 Å². The molecule has 0 saturated heterocycles. The minimum atomic E-state index is -4.83. The number of aliphatic hydroxyl groups excluding tert-OH is 1. The van der Waals surface area contributed by atoms with Crippen molar-refractivity contribution in [2.24, 2.45) is 5.73 Å². The summed E-state index contributed by atoms with van der Waals surface area (Å²) in [5.74, 6) is -1.42. The summed E-state index contributed by atoms with van der Waals surface area (Å²) in [5.41, 5.74) is 6.08. The van der Waals surface area contributed by atoms with Crippen LogP contribution in [0.15, 0.2) is 42.5 Å². The topological polar surface area (TPSA) is 111 Å². The Morgan fingerprint density at radius 3 is 2.31 bits per heavy atom. The van der Waals surface area contributed by atoms with Gasteiger partial charge < -0.3 is 25.6 Å². The SMILES string of the molecule is CCCOc1ccc(C(N)=O)c(/C(=C/c2ccc(OC(F)(F)F)cc2)C(=O)NCCO)c1. The van der Waals surface area contributed by atoms with Gasteiger partial charge in [-0.25, -0.2) is 0 Å². The molecule has 0 unspecified atom stereocenters. The third kappa shape index (κ3) is 7.31. The zero-order valence-electron chi connectivity index (χ0n) is 17.2. The van der Waals surface area contributed by atoms with Crippen molar-refractivity contribution in [1.29, 1.82) is 0 Å². The van der Waals surface area contributed by atoms with Crippen molar-refractivity contribution in [2.75, 3.05) is 19.8 Å². The lowest BCUT2D eigenvalue weighted by Gasteiger charge is -2.14. The molecule has 0 aliphatic carbocycles. The molecule has 0 radical (unpaired) electrons. The Hall–Kier alpha value is -3.53. The summed E-state index contributed by atoms with van der Waals surface area (Å²) in [4.78, 5) is 24.8. The molecule has 2 aromatic carbocycles. The van der Waals surface area contributed by atoms with Crippen LogP contribution >= 0.6 is 0 Å². The van der Waals surface area contributed by atoms with E-state index in [-0.39, 0.29) is 29.9 Å². The zero-order chi connectivity index (χ0) is 23.7. The zero-order valence-corrected chi connectivity index (χ0v) is 17.2. The number of hydrogen-bond donors (Lipinski definition) is 3. The first kappa shape index (κ1) is 24.7. The summed E-state index contributed by atoms with van der Waals surface area (Å²) in [5, 5.41) is 11.5. The number of halogens is 3. The van der Waals surface area contributed by atoms with Gasteiger partial charge in [0.05, 0.1) is 13.2 Å². The number of alkyl halides is 3. The lowest BCUT2D eigenvalue weighted by molar-refractivity contribution is -0.274. The van der Waals surface area contributed by atoms with E-state index in [1.165, 1.54) is 30.3 Å². The average molecular weight is 452 g/mol. The number of nitrogens with two attached hydrogens (primary N) is 1. The Labute approximate surface area is 182 Å². The summed E-state index contributed by atoms with van der Waals surface area (Å²) < 4.78 is 46.6. The normalized spacial score (nSPS) is 11.7. The van der Waals surface area contributed by atoms with E-state index in [1.54, 1.807) is 6.07 Å². The number of primary amides is 1. The van der Waals surface area contributed by atoms with Gasteiger partial charge in [-0.05, 0) is 48.4 Å². The second kappa shape index (κ2) is 11.2. The highest BCUT2D eigenvalue weighted by Crippen LogP contribution is 2.28. The first-order valence-corrected chi connectivity index (χ1v) is 9.68. The number of aliphatic hydroxyl groups is 1. The van der Waals surface area contributed by atoms with E-state index >= 15 is 0 Å². The van der Waals surface area contributed by atoms with Crippen LogP contribution in [0.2, 0.25) is 0 Å². The molecule has 0 bridgehead atoms. The van der Waals surface area contributed by atoms with Crippen LogP contribution in [0.4, 0.5) is 13.2 Å². The van der Waals surface area contributed by atoms with E-state index in [4.69, 9.17) is 15.6 Å². The molecule has 7 nitrogen and oxygen atoms in total. The minimum absolute atomic E-state index is 0.0127. The first-order valence-electron chi connectivity index (χ1n) is 9.68. The molecule has 10 heteroatoms. The Bertz CT molecular complexity index is 973. The summed E-state index contributed by atoms with van der Waals surface area (Å²) in [6.45, 7) is 1.96. The number of benzene rings is 2. The van der Waals surface area contributed by atoms with Crippen molar-refractivity contribution >= 4 is 23.5 Å². The van der Waals surface area contributed by atoms with Gasteiger partial charge in [0.25, 0.3) is 5.91 Å². The predicted molar refractivity (Wildman–Crippen MR) is 112 cm³/mol. The minimum Gasteiger partial charge on any atom is -0.494 e. The largest absolute Gasteiger partial charge is 0.573 e. The van der Waals surface area contributed by atoms with E-state index in [0.717, 1.165) is 18.6 Å². The number of carbonyl (C=O) groups is 2. The number of ether oxygens (including phenoxy) is 2. The smallest absolute Gasteiger partial charge is 0.494 e. The van der Waals surface area contributed by atoms with Crippen LogP contribution in [-0.4, -0.2) is 43.0 Å². The Kier molecular flexibility index (Phi) is 8.65. The Morgan fingerprint density at radius 1 is 1.09 bits per heavy atom. The van der Waals surface area contributed by atoms with E-state index < -0.39 is 23.9 Å². The van der Waals surface area contributed by atoms with Crippen molar-refractivity contribution < 1.29 is 37.3 Å². The van der Waals surface area contributed by atoms with Crippen LogP contribution in [0.25, 0.3) is 11.6 Å². The first-order chi connectivity index (χ1) is 15.1. The number of carbonyl (C=O) groups excluding carboxylic acids is 2. The highest BCUT2D eigenvalue weighted by molar-refractivity contribution is 6.26. The molecule has 172 valence electrons. The highest BCUT2D eigenvalue weighted by Gasteiger charge is 2.31. The van der Waals surface area contributed by atoms with Gasteiger partial charge in [-0.2, -0.15) is 0 Å². The van der Waals surface area contributed by atoms with Gasteiger partial charge in [0, 0.05) is 23.2 Å². The van der Waals surface area contributed by atoms with E-state index in [0.29, 0.717) is 17.9 Å². The van der Waals surface area contributed by atoms with Crippen LogP contribution in [0.5, 0.6) is 11.5 Å². The monoisotopic (exact) mass is 452 g/mol. The molecule has 0 aliphatic heterocycles. The molecule has 32 heavy (non-hydrogen) atoms. The molecule has 0 spiro atoms. The maximum absolute atomic E-state index is 12.8. The Morgan fingerprint density at radius 2 is 1.75 bits per heavy atom. The molecule has 0 aliphatic rings. The number of amides is 2. The lowest BCUT2D eigenvalue weighted by Crippen LogP contribution is -2.28. The molecule has 4 N–H and O–H groups in total. The summed E-state index contributed by atoms with van der Waals surface area (Å²) in [6, 6.07) is 9.29. The molecular formula is C22H23F3N2O5. The van der Waals surface area contributed by atoms with Crippen molar-refractivity contribution in [1.82, 2.24) is 5.32 Å². The van der Waals surface area contributed by atoms with Crippen LogP contribution in [0.1, 0.15) is 34.8 Å². The third-order valence-electron chi connectivity index (χ3n) is 4.09. The predicted octanol–water partition coefficient (Wildman–Crippen LogP) is 3.12. The van der Waals surface area contributed by atoms with Crippen LogP contribution < -0.4 is 20.5 Å². The van der Waals surface area contributed by atoms with Gasteiger partial charge in [0.15, 0.2) is 0 Å². The molecule has 0 saturated carbocycles. The van der Waals surface area contributed by atoms with Crippen LogP contribution in [-0.2, 0) is 4.79 Å². The summed E-state index contributed by atoms with van der Waals surface area (Å²) >= 11 is 0. The molecular weight excluding hydrogens is 429 g/mol. The second-order valence-electron chi connectivity index (χ2n) is 6.57. The summed E-state index contributed by atoms with van der Waals surface area (Å²) in [6.07, 6.45) is -2.71. The fourth-order valence-corrected chi connectivity index (χ4v) is 2.73. The summed E-state index contributed by atoms with van der Waals surface area (Å²) in [7, 11) is 0.